The third kappa shape index (κ3) is 2.85. The van der Waals surface area contributed by atoms with Crippen molar-refractivity contribution in [2.75, 3.05) is 0 Å². The van der Waals surface area contributed by atoms with Crippen molar-refractivity contribution in [2.45, 2.75) is 50.3 Å². The van der Waals surface area contributed by atoms with Crippen LogP contribution < -0.4 is 10.5 Å². The van der Waals surface area contributed by atoms with Crippen LogP contribution in [0.2, 0.25) is 5.02 Å². The number of ether oxygens (including phenoxy) is 1. The predicted molar refractivity (Wildman–Crippen MR) is 88.7 cm³/mol. The number of halogens is 1. The van der Waals surface area contributed by atoms with Gasteiger partial charge in [0.15, 0.2) is 5.82 Å². The summed E-state index contributed by atoms with van der Waals surface area (Å²) in [6.45, 7) is 0.338. The summed E-state index contributed by atoms with van der Waals surface area (Å²) in [5.41, 5.74) is 6.35. The Bertz CT molecular complexity index is 802. The minimum Gasteiger partial charge on any atom is -0.486 e. The molecule has 0 atom stereocenters. The Morgan fingerprint density at radius 1 is 1.33 bits per heavy atom. The van der Waals surface area contributed by atoms with Crippen LogP contribution in [0.25, 0.3) is 0 Å². The second-order valence-corrected chi connectivity index (χ2v) is 6.95. The van der Waals surface area contributed by atoms with E-state index in [2.05, 4.69) is 14.8 Å². The highest BCUT2D eigenvalue weighted by Gasteiger charge is 2.36. The maximum absolute atomic E-state index is 8.92. The lowest BCUT2D eigenvalue weighted by Gasteiger charge is -2.31. The molecule has 24 heavy (non-hydrogen) atoms. The number of benzene rings is 1. The molecule has 124 valence electrons. The van der Waals surface area contributed by atoms with Gasteiger partial charge in [-0.1, -0.05) is 11.6 Å². The molecule has 0 saturated heterocycles. The first-order valence-corrected chi connectivity index (χ1v) is 8.55. The first kappa shape index (κ1) is 15.4. The Hall–Kier alpha value is -2.10. The van der Waals surface area contributed by atoms with Crippen LogP contribution in [0.4, 0.5) is 0 Å². The van der Waals surface area contributed by atoms with Crippen molar-refractivity contribution in [1.29, 1.82) is 5.26 Å². The molecule has 1 aromatic carbocycles. The van der Waals surface area contributed by atoms with Gasteiger partial charge in [0, 0.05) is 24.1 Å². The van der Waals surface area contributed by atoms with Crippen molar-refractivity contribution in [3.63, 3.8) is 0 Å². The fraction of sp³-hybridized carbons (Fsp3) is 0.471. The van der Waals surface area contributed by atoms with E-state index in [-0.39, 0.29) is 0 Å². The molecule has 7 heteroatoms. The number of nitriles is 1. The highest BCUT2D eigenvalue weighted by atomic mass is 35.5. The van der Waals surface area contributed by atoms with E-state index in [1.165, 1.54) is 12.8 Å². The normalized spacial score (nSPS) is 22.7. The number of nitrogens with two attached hydrogens (primary N) is 1. The molecule has 0 amide bonds. The van der Waals surface area contributed by atoms with Crippen LogP contribution >= 0.6 is 11.6 Å². The molecule has 2 N–H and O–H groups in total. The molecule has 1 heterocycles. The summed E-state index contributed by atoms with van der Waals surface area (Å²) in [7, 11) is 0. The van der Waals surface area contributed by atoms with Crippen LogP contribution in [0.1, 0.15) is 54.9 Å². The van der Waals surface area contributed by atoms with Crippen molar-refractivity contribution in [3.8, 4) is 11.8 Å². The fourth-order valence-electron chi connectivity index (χ4n) is 3.14. The van der Waals surface area contributed by atoms with Crippen molar-refractivity contribution < 1.29 is 4.74 Å². The second kappa shape index (κ2) is 6.08. The van der Waals surface area contributed by atoms with E-state index in [1.54, 1.807) is 18.2 Å². The van der Waals surface area contributed by atoms with E-state index >= 15 is 0 Å². The maximum atomic E-state index is 8.92. The summed E-state index contributed by atoms with van der Waals surface area (Å²) in [6.07, 6.45) is 4.30. The quantitative estimate of drug-likeness (QED) is 0.901. The van der Waals surface area contributed by atoms with E-state index in [1.807, 2.05) is 6.07 Å². The standard InChI is InChI=1S/C17H18ClN5O/c18-15-7-14(4-1-10(15)8-19)24-9-16-21-22-17(11-5-12(20)6-11)23(16)13-2-3-13/h1,4,7,11-13H,2-3,5-6,9,20H2. The summed E-state index contributed by atoms with van der Waals surface area (Å²) in [6, 6.07) is 7.88. The Morgan fingerprint density at radius 3 is 2.75 bits per heavy atom. The summed E-state index contributed by atoms with van der Waals surface area (Å²) in [4.78, 5) is 0. The molecule has 0 aliphatic heterocycles. The van der Waals surface area contributed by atoms with Gasteiger partial charge in [0.05, 0.1) is 10.6 Å². The van der Waals surface area contributed by atoms with Gasteiger partial charge in [-0.05, 0) is 37.8 Å². The molecule has 2 aromatic rings. The highest BCUT2D eigenvalue weighted by molar-refractivity contribution is 6.31. The second-order valence-electron chi connectivity index (χ2n) is 6.55. The average molecular weight is 344 g/mol. The van der Waals surface area contributed by atoms with Crippen LogP contribution in [0.3, 0.4) is 0 Å². The van der Waals surface area contributed by atoms with Gasteiger partial charge in [0.1, 0.15) is 24.3 Å². The zero-order valence-corrected chi connectivity index (χ0v) is 13.9. The van der Waals surface area contributed by atoms with Gasteiger partial charge in [-0.2, -0.15) is 5.26 Å². The molecule has 2 fully saturated rings. The smallest absolute Gasteiger partial charge is 0.171 e. The van der Waals surface area contributed by atoms with Gasteiger partial charge in [-0.15, -0.1) is 10.2 Å². The van der Waals surface area contributed by atoms with Crippen LogP contribution in [0.5, 0.6) is 5.75 Å². The Labute approximate surface area is 145 Å². The van der Waals surface area contributed by atoms with E-state index in [9.17, 15) is 0 Å². The number of nitrogens with zero attached hydrogens (tertiary/aromatic N) is 4. The number of aromatic nitrogens is 3. The minimum atomic E-state index is 0.292. The van der Waals surface area contributed by atoms with Gasteiger partial charge in [-0.25, -0.2) is 0 Å². The van der Waals surface area contributed by atoms with Crippen LogP contribution in [-0.2, 0) is 6.61 Å². The number of hydrogen-bond acceptors (Lipinski definition) is 5. The predicted octanol–water partition coefficient (Wildman–Crippen LogP) is 2.92. The Morgan fingerprint density at radius 2 is 2.12 bits per heavy atom. The van der Waals surface area contributed by atoms with Crippen molar-refractivity contribution in [1.82, 2.24) is 14.8 Å². The molecule has 0 unspecified atom stereocenters. The summed E-state index contributed by atoms with van der Waals surface area (Å²) in [5, 5.41) is 18.0. The van der Waals surface area contributed by atoms with Crippen LogP contribution in [0, 0.1) is 11.3 Å². The summed E-state index contributed by atoms with van der Waals surface area (Å²) >= 11 is 6.04. The largest absolute Gasteiger partial charge is 0.486 e. The third-order valence-electron chi connectivity index (χ3n) is 4.67. The molecular formula is C17H18ClN5O. The third-order valence-corrected chi connectivity index (χ3v) is 4.99. The van der Waals surface area contributed by atoms with Gasteiger partial charge in [-0.3, -0.25) is 0 Å². The molecule has 6 nitrogen and oxygen atoms in total. The monoisotopic (exact) mass is 343 g/mol. The lowest BCUT2D eigenvalue weighted by molar-refractivity contribution is 0.284. The van der Waals surface area contributed by atoms with Crippen LogP contribution in [0.15, 0.2) is 18.2 Å². The number of rotatable bonds is 5. The maximum Gasteiger partial charge on any atom is 0.171 e. The molecular weight excluding hydrogens is 326 g/mol. The van der Waals surface area contributed by atoms with Crippen LogP contribution in [-0.4, -0.2) is 20.8 Å². The van der Waals surface area contributed by atoms with Gasteiger partial charge in [0.25, 0.3) is 0 Å². The lowest BCUT2D eigenvalue weighted by atomic mass is 9.80. The van der Waals surface area contributed by atoms with Gasteiger partial charge in [0.2, 0.25) is 0 Å². The summed E-state index contributed by atoms with van der Waals surface area (Å²) in [5.74, 6) is 2.94. The molecule has 2 aliphatic carbocycles. The lowest BCUT2D eigenvalue weighted by Crippen LogP contribution is -2.36. The zero-order valence-electron chi connectivity index (χ0n) is 13.2. The van der Waals surface area contributed by atoms with E-state index in [4.69, 9.17) is 27.3 Å². The molecule has 0 bridgehead atoms. The fourth-order valence-corrected chi connectivity index (χ4v) is 3.35. The van der Waals surface area contributed by atoms with Gasteiger partial charge < -0.3 is 15.0 Å². The van der Waals surface area contributed by atoms with Crippen molar-refractivity contribution in [3.05, 3.63) is 40.4 Å². The van der Waals surface area contributed by atoms with Crippen molar-refractivity contribution >= 4 is 11.6 Å². The molecule has 1 aromatic heterocycles. The topological polar surface area (TPSA) is 89.8 Å². The SMILES string of the molecule is N#Cc1ccc(OCc2nnc(C3CC(N)C3)n2C2CC2)cc1Cl. The zero-order chi connectivity index (χ0) is 16.7. The average Bonchev–Trinajstić information content (AvgIpc) is 3.30. The van der Waals surface area contributed by atoms with Crippen molar-refractivity contribution in [2.24, 2.45) is 5.73 Å². The first-order valence-electron chi connectivity index (χ1n) is 8.17. The minimum absolute atomic E-state index is 0.292. The van der Waals surface area contributed by atoms with Gasteiger partial charge >= 0.3 is 0 Å². The van der Waals surface area contributed by atoms with E-state index in [0.717, 1.165) is 24.5 Å². The Balaban J connectivity index is 1.50. The highest BCUT2D eigenvalue weighted by Crippen LogP contribution is 2.42. The molecule has 0 spiro atoms. The van der Waals surface area contributed by atoms with E-state index < -0.39 is 0 Å². The molecule has 0 radical (unpaired) electrons. The Kier molecular flexibility index (Phi) is 3.91. The van der Waals surface area contributed by atoms with E-state index in [0.29, 0.717) is 40.9 Å². The first-order chi connectivity index (χ1) is 11.7. The molecule has 4 rings (SSSR count). The molecule has 2 aliphatic rings. The molecule has 2 saturated carbocycles. The number of hydrogen-bond donors (Lipinski definition) is 1. The summed E-state index contributed by atoms with van der Waals surface area (Å²) < 4.78 is 8.05.